The molecule has 4 aromatic carbocycles. The fraction of sp³-hybridized carbons (Fsp3) is 0.314. The number of fused-ring (bicyclic) bond motifs is 5. The van der Waals surface area contributed by atoms with Crippen LogP contribution >= 0.6 is 0 Å². The van der Waals surface area contributed by atoms with Crippen LogP contribution in [0.3, 0.4) is 0 Å². The van der Waals surface area contributed by atoms with E-state index >= 15 is 0 Å². The fourth-order valence-corrected chi connectivity index (χ4v) is 9.75. The SMILES string of the molecule is Cc1cc(C)c2c(c1)[C@@H]1OC(c3[c-]c(Oc4[c-]c5c(cc4)C(C)(C)c4ccccc4N5c4cc(C(C)(C)C)ccn4)cc(-c4ccccn4)c3)=N[C@]1(C)CC2(C)C.[Pt+2]. The number of benzene rings is 4. The summed E-state index contributed by atoms with van der Waals surface area (Å²) in [5, 5.41) is 0. The molecule has 2 aromatic heterocycles. The molecule has 2 aliphatic heterocycles. The smallest absolute Gasteiger partial charge is 0.510 e. The maximum atomic E-state index is 6.93. The number of para-hydroxylation sites is 1. The molecule has 7 heteroatoms. The minimum Gasteiger partial charge on any atom is -0.510 e. The first kappa shape index (κ1) is 39.7. The van der Waals surface area contributed by atoms with Crippen molar-refractivity contribution in [3.8, 4) is 22.8 Å². The quantitative estimate of drug-likeness (QED) is 0.161. The molecular weight excluding hydrogens is 896 g/mol. The van der Waals surface area contributed by atoms with Crippen molar-refractivity contribution in [3.63, 3.8) is 0 Å². The summed E-state index contributed by atoms with van der Waals surface area (Å²) in [4.78, 5) is 17.2. The average Bonchev–Trinajstić information content (AvgIpc) is 3.51. The molecule has 0 N–H and O–H groups in total. The van der Waals surface area contributed by atoms with Gasteiger partial charge < -0.3 is 14.4 Å². The van der Waals surface area contributed by atoms with Crippen LogP contribution in [0, 0.1) is 26.0 Å². The molecule has 6 aromatic rings. The third kappa shape index (κ3) is 6.68. The van der Waals surface area contributed by atoms with Crippen LogP contribution in [-0.4, -0.2) is 21.4 Å². The van der Waals surface area contributed by atoms with Crippen LogP contribution < -0.4 is 9.64 Å². The molecule has 9 rings (SSSR count). The van der Waals surface area contributed by atoms with Crippen LogP contribution in [0.4, 0.5) is 17.2 Å². The van der Waals surface area contributed by atoms with E-state index in [1.807, 2.05) is 42.7 Å². The molecule has 0 unspecified atom stereocenters. The van der Waals surface area contributed by atoms with Gasteiger partial charge in [0.2, 0.25) is 0 Å². The normalized spacial score (nSPS) is 19.7. The van der Waals surface area contributed by atoms with E-state index in [2.05, 4.69) is 147 Å². The van der Waals surface area contributed by atoms with E-state index < -0.39 is 5.54 Å². The van der Waals surface area contributed by atoms with Crippen molar-refractivity contribution >= 4 is 23.1 Å². The van der Waals surface area contributed by atoms with Crippen LogP contribution in [0.1, 0.15) is 112 Å². The molecule has 0 saturated heterocycles. The topological polar surface area (TPSA) is 59.8 Å². The van der Waals surface area contributed by atoms with Gasteiger partial charge in [0.15, 0.2) is 0 Å². The van der Waals surface area contributed by atoms with Gasteiger partial charge in [-0.2, -0.15) is 6.07 Å². The van der Waals surface area contributed by atoms with Gasteiger partial charge in [0.25, 0.3) is 0 Å². The zero-order chi connectivity index (χ0) is 40.1. The Morgan fingerprint density at radius 1 is 0.793 bits per heavy atom. The molecule has 0 amide bonds. The second-order valence-electron chi connectivity index (χ2n) is 18.6. The van der Waals surface area contributed by atoms with Crippen LogP contribution in [-0.2, 0) is 42.0 Å². The van der Waals surface area contributed by atoms with Gasteiger partial charge in [-0.05, 0) is 102 Å². The van der Waals surface area contributed by atoms with Crippen molar-refractivity contribution in [2.45, 2.75) is 104 Å². The van der Waals surface area contributed by atoms with E-state index in [0.717, 1.165) is 46.0 Å². The number of aryl methyl sites for hydroxylation is 2. The number of hydrogen-bond donors (Lipinski definition) is 0. The Morgan fingerprint density at radius 2 is 1.57 bits per heavy atom. The van der Waals surface area contributed by atoms with Gasteiger partial charge in [0.05, 0.1) is 11.2 Å². The zero-order valence-corrected chi connectivity index (χ0v) is 37.3. The monoisotopic (exact) mass is 945 g/mol. The third-order valence-corrected chi connectivity index (χ3v) is 12.1. The summed E-state index contributed by atoms with van der Waals surface area (Å²) in [6.07, 6.45) is 4.37. The summed E-state index contributed by atoms with van der Waals surface area (Å²) in [5.41, 5.74) is 12.3. The molecule has 0 spiro atoms. The number of anilines is 3. The fourth-order valence-electron chi connectivity index (χ4n) is 9.75. The van der Waals surface area contributed by atoms with E-state index in [4.69, 9.17) is 24.4 Å². The van der Waals surface area contributed by atoms with E-state index in [1.54, 1.807) is 0 Å². The molecule has 296 valence electrons. The third-order valence-electron chi connectivity index (χ3n) is 12.1. The number of hydrogen-bond acceptors (Lipinski definition) is 6. The second kappa shape index (κ2) is 14.0. The molecule has 58 heavy (non-hydrogen) atoms. The molecular formula is C51H50N4O2Pt. The molecule has 3 aliphatic rings. The average molecular weight is 946 g/mol. The Bertz CT molecular complexity index is 2610. The Balaban J connectivity index is 0.00000469. The summed E-state index contributed by atoms with van der Waals surface area (Å²) in [6.45, 7) is 22.5. The van der Waals surface area contributed by atoms with Crippen molar-refractivity contribution in [2.24, 2.45) is 4.99 Å². The largest absolute Gasteiger partial charge is 2.00 e. The van der Waals surface area contributed by atoms with Crippen LogP contribution in [0.5, 0.6) is 11.5 Å². The second-order valence-corrected chi connectivity index (χ2v) is 18.6. The first-order valence-corrected chi connectivity index (χ1v) is 20.0. The predicted molar refractivity (Wildman–Crippen MR) is 229 cm³/mol. The van der Waals surface area contributed by atoms with Crippen molar-refractivity contribution in [2.75, 3.05) is 4.90 Å². The number of nitrogens with zero attached hydrogens (tertiary/aromatic N) is 4. The van der Waals surface area contributed by atoms with Gasteiger partial charge in [-0.15, -0.1) is 23.8 Å². The Labute approximate surface area is 358 Å². The molecule has 2 atom stereocenters. The van der Waals surface area contributed by atoms with E-state index in [0.29, 0.717) is 17.4 Å². The maximum Gasteiger partial charge on any atom is 2.00 e. The summed E-state index contributed by atoms with van der Waals surface area (Å²) in [5.74, 6) is 2.50. The van der Waals surface area contributed by atoms with Crippen molar-refractivity contribution in [3.05, 3.63) is 160 Å². The van der Waals surface area contributed by atoms with Crippen LogP contribution in [0.25, 0.3) is 11.3 Å². The summed E-state index contributed by atoms with van der Waals surface area (Å²) < 4.78 is 13.7. The molecule has 4 heterocycles. The standard InChI is InChI=1S/C51H50N4O2.Pt/c1-31-23-32(2)45-38(24-31)46-51(10,30-49(45,6)7)54-47(57-46)34-25-33(41-16-13-14-21-52-41)26-37(27-34)56-36-18-19-40-43(29-36)55(42-17-12-11-15-39(42)50(40,8)9)44-28-35(20-22-53-44)48(3,4)5;/h11-26,28,46H,30H2,1-10H3;/q-2;+2/t46-,51+;/m0./s1. The summed E-state index contributed by atoms with van der Waals surface area (Å²) in [6, 6.07) is 38.9. The van der Waals surface area contributed by atoms with Crippen molar-refractivity contribution in [1.82, 2.24) is 9.97 Å². The van der Waals surface area contributed by atoms with Gasteiger partial charge in [-0.3, -0.25) is 9.98 Å². The molecule has 0 bridgehead atoms. The van der Waals surface area contributed by atoms with E-state index in [-0.39, 0.29) is 43.4 Å². The Hall–Kier alpha value is -5.06. The first-order chi connectivity index (χ1) is 27.0. The number of rotatable bonds is 5. The molecule has 6 nitrogen and oxygen atoms in total. The number of ether oxygens (including phenoxy) is 2. The molecule has 0 saturated carbocycles. The Morgan fingerprint density at radius 3 is 2.33 bits per heavy atom. The van der Waals surface area contributed by atoms with Crippen LogP contribution in [0.15, 0.2) is 108 Å². The zero-order valence-electron chi connectivity index (χ0n) is 35.0. The first-order valence-electron chi connectivity index (χ1n) is 20.0. The van der Waals surface area contributed by atoms with Gasteiger partial charge in [-0.1, -0.05) is 119 Å². The molecule has 1 aliphatic carbocycles. The molecule has 0 fully saturated rings. The van der Waals surface area contributed by atoms with E-state index in [1.165, 1.54) is 33.4 Å². The molecule has 0 radical (unpaired) electrons. The summed E-state index contributed by atoms with van der Waals surface area (Å²) in [7, 11) is 0. The van der Waals surface area contributed by atoms with E-state index in [9.17, 15) is 0 Å². The van der Waals surface area contributed by atoms with Crippen molar-refractivity contribution < 1.29 is 30.5 Å². The van der Waals surface area contributed by atoms with Crippen LogP contribution in [0.2, 0.25) is 0 Å². The van der Waals surface area contributed by atoms with Gasteiger partial charge in [0, 0.05) is 29.6 Å². The van der Waals surface area contributed by atoms with Crippen molar-refractivity contribution in [1.29, 1.82) is 0 Å². The maximum absolute atomic E-state index is 6.93. The number of pyridine rings is 2. The summed E-state index contributed by atoms with van der Waals surface area (Å²) >= 11 is 0. The minimum absolute atomic E-state index is 0. The van der Waals surface area contributed by atoms with Gasteiger partial charge in [0.1, 0.15) is 17.8 Å². The number of aromatic nitrogens is 2. The number of aliphatic imine (C=N–C) groups is 1. The Kier molecular flexibility index (Phi) is 9.63. The minimum atomic E-state index is -0.445. The van der Waals surface area contributed by atoms with Gasteiger partial charge in [-0.25, -0.2) is 4.98 Å². The predicted octanol–water partition coefficient (Wildman–Crippen LogP) is 12.5. The van der Waals surface area contributed by atoms with Gasteiger partial charge >= 0.3 is 21.1 Å².